The number of carbonyl (C=O) groups is 2. The van der Waals surface area contributed by atoms with Crippen LogP contribution in [0.4, 0.5) is 31.1 Å². The Balaban J connectivity index is 2.44. The molecule has 0 bridgehead atoms. The van der Waals surface area contributed by atoms with Gasteiger partial charge in [0, 0.05) is 6.20 Å². The monoisotopic (exact) mass is 509 g/mol. The Hall–Kier alpha value is -2.96. The maximum absolute atomic E-state index is 13.6. The number of hydrogen-bond donors (Lipinski definition) is 2. The number of halogens is 6. The summed E-state index contributed by atoms with van der Waals surface area (Å²) in [5.41, 5.74) is -2.89. The first-order chi connectivity index (χ1) is 15.9. The first-order valence-electron chi connectivity index (χ1n) is 9.71. The van der Waals surface area contributed by atoms with E-state index in [1.807, 2.05) is 0 Å². The lowest BCUT2D eigenvalue weighted by Gasteiger charge is -2.24. The molecule has 0 aliphatic carbocycles. The van der Waals surface area contributed by atoms with E-state index in [1.165, 1.54) is 11.8 Å². The molecule has 34 heavy (non-hydrogen) atoms. The van der Waals surface area contributed by atoms with Gasteiger partial charge in [0.25, 0.3) is 0 Å². The van der Waals surface area contributed by atoms with Gasteiger partial charge >= 0.3 is 24.4 Å². The molecule has 2 aromatic rings. The second-order valence-electron chi connectivity index (χ2n) is 6.96. The summed E-state index contributed by atoms with van der Waals surface area (Å²) >= 11 is 1.39. The molecule has 2 N–H and O–H groups in total. The number of pyridine rings is 1. The number of ether oxygens (including phenoxy) is 1. The van der Waals surface area contributed by atoms with Crippen LogP contribution in [0, 0.1) is 0 Å². The maximum Gasteiger partial charge on any atom is 0.418 e. The Morgan fingerprint density at radius 1 is 1.03 bits per heavy atom. The number of alkyl halides is 6. The van der Waals surface area contributed by atoms with Gasteiger partial charge in [-0.25, -0.2) is 9.59 Å². The van der Waals surface area contributed by atoms with Crippen LogP contribution >= 0.6 is 11.8 Å². The first-order valence-corrected chi connectivity index (χ1v) is 11.1. The average Bonchev–Trinajstić information content (AvgIpc) is 2.78. The zero-order valence-electron chi connectivity index (χ0n) is 18.0. The van der Waals surface area contributed by atoms with Gasteiger partial charge in [0.1, 0.15) is 6.04 Å². The second-order valence-corrected chi connectivity index (χ2v) is 7.95. The fourth-order valence-electron chi connectivity index (χ4n) is 3.02. The number of methoxy groups -OCH3 is 1. The highest BCUT2D eigenvalue weighted by molar-refractivity contribution is 7.98. The SMILES string of the molecule is COC(=O)[C@H](CCSC)NC(=O)N[C@@H](c1ccc(C(F)(F)F)cc1)c1ncccc1C(F)(F)F. The van der Waals surface area contributed by atoms with E-state index < -0.39 is 53.3 Å². The molecule has 13 heteroatoms. The molecule has 1 aromatic carbocycles. The van der Waals surface area contributed by atoms with E-state index in [0.29, 0.717) is 17.9 Å². The Morgan fingerprint density at radius 2 is 1.68 bits per heavy atom. The van der Waals surface area contributed by atoms with Crippen molar-refractivity contribution in [1.29, 1.82) is 0 Å². The van der Waals surface area contributed by atoms with Crippen molar-refractivity contribution < 1.29 is 40.7 Å². The minimum Gasteiger partial charge on any atom is -0.467 e. The molecular formula is C21H21F6N3O3S. The molecule has 186 valence electrons. The summed E-state index contributed by atoms with van der Waals surface area (Å²) in [7, 11) is 1.11. The topological polar surface area (TPSA) is 80.3 Å². The number of nitrogens with zero attached hydrogens (tertiary/aromatic N) is 1. The molecule has 0 spiro atoms. The van der Waals surface area contributed by atoms with Crippen molar-refractivity contribution in [3.05, 3.63) is 65.0 Å². The summed E-state index contributed by atoms with van der Waals surface area (Å²) in [4.78, 5) is 28.4. The molecule has 2 atom stereocenters. The summed E-state index contributed by atoms with van der Waals surface area (Å²) in [6.45, 7) is 0. The van der Waals surface area contributed by atoms with Gasteiger partial charge in [0.15, 0.2) is 0 Å². The Morgan fingerprint density at radius 3 is 2.21 bits per heavy atom. The van der Waals surface area contributed by atoms with Gasteiger partial charge in [-0.3, -0.25) is 4.98 Å². The van der Waals surface area contributed by atoms with Crippen LogP contribution in [0.25, 0.3) is 0 Å². The Kier molecular flexibility index (Phi) is 9.19. The second kappa shape index (κ2) is 11.4. The highest BCUT2D eigenvalue weighted by Gasteiger charge is 2.37. The number of rotatable bonds is 8. The molecule has 2 rings (SSSR count). The van der Waals surface area contributed by atoms with Crippen LogP contribution in [0.1, 0.15) is 34.8 Å². The predicted molar refractivity (Wildman–Crippen MR) is 113 cm³/mol. The number of hydrogen-bond acceptors (Lipinski definition) is 5. The number of amides is 2. The Bertz CT molecular complexity index is 983. The molecule has 2 amide bonds. The maximum atomic E-state index is 13.6. The van der Waals surface area contributed by atoms with Gasteiger partial charge in [-0.15, -0.1) is 0 Å². The third-order valence-electron chi connectivity index (χ3n) is 4.67. The van der Waals surface area contributed by atoms with Crippen LogP contribution < -0.4 is 10.6 Å². The van der Waals surface area contributed by atoms with Crippen molar-refractivity contribution in [2.24, 2.45) is 0 Å². The van der Waals surface area contributed by atoms with Crippen LogP contribution in [-0.2, 0) is 21.9 Å². The van der Waals surface area contributed by atoms with Crippen molar-refractivity contribution in [1.82, 2.24) is 15.6 Å². The molecule has 1 heterocycles. The lowest BCUT2D eigenvalue weighted by Crippen LogP contribution is -2.48. The minimum atomic E-state index is -4.85. The molecule has 0 aliphatic rings. The number of thioether (sulfide) groups is 1. The van der Waals surface area contributed by atoms with Crippen LogP contribution in [0.3, 0.4) is 0 Å². The van der Waals surface area contributed by atoms with Crippen LogP contribution in [0.2, 0.25) is 0 Å². The highest BCUT2D eigenvalue weighted by Crippen LogP contribution is 2.36. The standard InChI is InChI=1S/C21H21F6N3O3S/c1-33-18(31)15(9-11-34-2)29-19(32)30-16(12-5-7-13(8-6-12)20(22,23)24)17-14(21(25,26)27)4-3-10-28-17/h3-8,10,15-16H,9,11H2,1-2H3,(H2,29,30,32)/t15-,16-/m0/s1. The summed E-state index contributed by atoms with van der Waals surface area (Å²) in [6.07, 6.45) is -6.49. The zero-order valence-corrected chi connectivity index (χ0v) is 18.8. The van der Waals surface area contributed by atoms with Crippen LogP contribution in [-0.4, -0.2) is 42.1 Å². The van der Waals surface area contributed by atoms with E-state index in [0.717, 1.165) is 37.6 Å². The molecule has 0 radical (unpaired) electrons. The first kappa shape index (κ1) is 27.3. The Labute approximate surface area is 195 Å². The third-order valence-corrected chi connectivity index (χ3v) is 5.31. The van der Waals surface area contributed by atoms with Crippen molar-refractivity contribution in [3.63, 3.8) is 0 Å². The van der Waals surface area contributed by atoms with Crippen LogP contribution in [0.15, 0.2) is 42.6 Å². The highest BCUT2D eigenvalue weighted by atomic mass is 32.2. The molecule has 0 saturated heterocycles. The molecule has 0 unspecified atom stereocenters. The summed E-state index contributed by atoms with van der Waals surface area (Å²) in [5.74, 6) is -0.287. The van der Waals surface area contributed by atoms with E-state index in [4.69, 9.17) is 0 Å². The minimum absolute atomic E-state index is 0.0777. The summed E-state index contributed by atoms with van der Waals surface area (Å²) in [6, 6.07) is 1.39. The van der Waals surface area contributed by atoms with Crippen LogP contribution in [0.5, 0.6) is 0 Å². The molecule has 0 fully saturated rings. The van der Waals surface area contributed by atoms with E-state index in [1.54, 1.807) is 6.26 Å². The number of nitrogens with one attached hydrogen (secondary N) is 2. The number of aromatic nitrogens is 1. The predicted octanol–water partition coefficient (Wildman–Crippen LogP) is 4.80. The van der Waals surface area contributed by atoms with Gasteiger partial charge in [0.05, 0.1) is 30.0 Å². The lowest BCUT2D eigenvalue weighted by molar-refractivity contribution is -0.143. The van der Waals surface area contributed by atoms with Crippen molar-refractivity contribution in [2.45, 2.75) is 30.9 Å². The fourth-order valence-corrected chi connectivity index (χ4v) is 3.49. The normalized spacial score (nSPS) is 13.6. The van der Waals surface area contributed by atoms with Gasteiger partial charge < -0.3 is 15.4 Å². The number of esters is 1. The quantitative estimate of drug-likeness (QED) is 0.395. The summed E-state index contributed by atoms with van der Waals surface area (Å²) in [5, 5.41) is 4.64. The molecule has 0 saturated carbocycles. The number of benzene rings is 1. The van der Waals surface area contributed by atoms with Crippen molar-refractivity contribution >= 4 is 23.8 Å². The van der Waals surface area contributed by atoms with Crippen molar-refractivity contribution in [2.75, 3.05) is 19.1 Å². The molecule has 6 nitrogen and oxygen atoms in total. The molecular weight excluding hydrogens is 488 g/mol. The molecule has 1 aromatic heterocycles. The van der Waals surface area contributed by atoms with Gasteiger partial charge in [-0.05, 0) is 48.3 Å². The molecule has 0 aliphatic heterocycles. The average molecular weight is 509 g/mol. The number of carbonyl (C=O) groups excluding carboxylic acids is 2. The zero-order chi connectivity index (χ0) is 25.5. The van der Waals surface area contributed by atoms with Gasteiger partial charge in [-0.2, -0.15) is 38.1 Å². The number of urea groups is 1. The van der Waals surface area contributed by atoms with E-state index >= 15 is 0 Å². The largest absolute Gasteiger partial charge is 0.467 e. The third kappa shape index (κ3) is 7.27. The van der Waals surface area contributed by atoms with Gasteiger partial charge in [0.2, 0.25) is 0 Å². The fraction of sp³-hybridized carbons (Fsp3) is 0.381. The summed E-state index contributed by atoms with van der Waals surface area (Å²) < 4.78 is 84.3. The van der Waals surface area contributed by atoms with Crippen molar-refractivity contribution in [3.8, 4) is 0 Å². The lowest BCUT2D eigenvalue weighted by atomic mass is 9.98. The van der Waals surface area contributed by atoms with E-state index in [9.17, 15) is 35.9 Å². The van der Waals surface area contributed by atoms with E-state index in [-0.39, 0.29) is 12.0 Å². The van der Waals surface area contributed by atoms with Gasteiger partial charge in [-0.1, -0.05) is 12.1 Å². The smallest absolute Gasteiger partial charge is 0.418 e. The van der Waals surface area contributed by atoms with E-state index in [2.05, 4.69) is 20.4 Å².